The molecule has 0 aliphatic carbocycles. The lowest BCUT2D eigenvalue weighted by Crippen LogP contribution is -1.99. The van der Waals surface area contributed by atoms with Gasteiger partial charge in [0.2, 0.25) is 5.95 Å². The van der Waals surface area contributed by atoms with Crippen LogP contribution in [-0.4, -0.2) is 22.3 Å². The summed E-state index contributed by atoms with van der Waals surface area (Å²) in [5.74, 6) is 0.850. The molecule has 0 spiro atoms. The Bertz CT molecular complexity index is 518. The van der Waals surface area contributed by atoms with Crippen LogP contribution in [0.4, 0.5) is 5.95 Å². The Balaban J connectivity index is 2.58. The maximum Gasteiger partial charge on any atom is 0.240 e. The fraction of sp³-hybridized carbons (Fsp3) is 0.100. The van der Waals surface area contributed by atoms with Gasteiger partial charge in [0.15, 0.2) is 0 Å². The highest BCUT2D eigenvalue weighted by Gasteiger charge is 2.08. The Kier molecular flexibility index (Phi) is 3.00. The fourth-order valence-corrected chi connectivity index (χ4v) is 1.69. The van der Waals surface area contributed by atoms with Crippen molar-refractivity contribution in [2.45, 2.75) is 0 Å². The number of rotatable bonds is 2. The lowest BCUT2D eigenvalue weighted by atomic mass is 10.1. The van der Waals surface area contributed by atoms with Gasteiger partial charge in [0.25, 0.3) is 0 Å². The third-order valence-corrected chi connectivity index (χ3v) is 2.51. The highest BCUT2D eigenvalue weighted by atomic mass is 79.9. The third-order valence-electron chi connectivity index (χ3n) is 2.01. The number of hydrogen-bond donors (Lipinski definition) is 1. The zero-order valence-electron chi connectivity index (χ0n) is 8.51. The van der Waals surface area contributed by atoms with Gasteiger partial charge in [0.05, 0.1) is 19.0 Å². The van der Waals surface area contributed by atoms with Gasteiger partial charge < -0.3 is 10.5 Å². The second-order valence-corrected chi connectivity index (χ2v) is 3.96. The molecule has 0 saturated heterocycles. The van der Waals surface area contributed by atoms with Crippen LogP contribution in [-0.2, 0) is 0 Å². The molecule has 0 radical (unpaired) electrons. The average molecular weight is 281 g/mol. The molecule has 0 bridgehead atoms. The molecule has 6 heteroatoms. The molecule has 1 aromatic heterocycles. The fourth-order valence-electron chi connectivity index (χ4n) is 1.33. The van der Waals surface area contributed by atoms with Crippen LogP contribution in [0.5, 0.6) is 5.75 Å². The number of nitrogens with two attached hydrogens (primary N) is 1. The van der Waals surface area contributed by atoms with E-state index in [1.54, 1.807) is 13.3 Å². The van der Waals surface area contributed by atoms with E-state index in [0.29, 0.717) is 11.4 Å². The van der Waals surface area contributed by atoms with Gasteiger partial charge in [-0.05, 0) is 18.2 Å². The van der Waals surface area contributed by atoms with E-state index >= 15 is 0 Å². The lowest BCUT2D eigenvalue weighted by Gasteiger charge is -2.07. The van der Waals surface area contributed by atoms with Gasteiger partial charge in [-0.2, -0.15) is 5.10 Å². The van der Waals surface area contributed by atoms with E-state index in [9.17, 15) is 0 Å². The summed E-state index contributed by atoms with van der Waals surface area (Å²) in [6, 6.07) is 5.63. The van der Waals surface area contributed by atoms with E-state index in [1.165, 1.54) is 0 Å². The van der Waals surface area contributed by atoms with Crippen LogP contribution in [0.3, 0.4) is 0 Å². The van der Waals surface area contributed by atoms with Crippen LogP contribution >= 0.6 is 15.9 Å². The Morgan fingerprint density at radius 2 is 2.19 bits per heavy atom. The van der Waals surface area contributed by atoms with Crippen LogP contribution in [0.15, 0.2) is 28.9 Å². The first-order valence-electron chi connectivity index (χ1n) is 4.50. The molecule has 16 heavy (non-hydrogen) atoms. The van der Waals surface area contributed by atoms with Gasteiger partial charge in [0.1, 0.15) is 5.75 Å². The largest absolute Gasteiger partial charge is 0.496 e. The number of halogens is 1. The zero-order chi connectivity index (χ0) is 11.5. The van der Waals surface area contributed by atoms with Crippen molar-refractivity contribution in [3.63, 3.8) is 0 Å². The first-order chi connectivity index (χ1) is 7.70. The van der Waals surface area contributed by atoms with Gasteiger partial charge in [0, 0.05) is 10.0 Å². The number of anilines is 1. The quantitative estimate of drug-likeness (QED) is 0.909. The molecule has 82 valence electrons. The number of methoxy groups -OCH3 is 1. The molecule has 5 nitrogen and oxygen atoms in total. The predicted molar refractivity (Wildman–Crippen MR) is 63.9 cm³/mol. The van der Waals surface area contributed by atoms with Crippen molar-refractivity contribution < 1.29 is 4.74 Å². The van der Waals surface area contributed by atoms with E-state index in [4.69, 9.17) is 10.5 Å². The molecule has 0 unspecified atom stereocenters. The smallest absolute Gasteiger partial charge is 0.240 e. The maximum atomic E-state index is 5.49. The molecule has 0 aliphatic heterocycles. The molecule has 0 saturated carbocycles. The van der Waals surface area contributed by atoms with Gasteiger partial charge in [-0.3, -0.25) is 0 Å². The van der Waals surface area contributed by atoms with Crippen molar-refractivity contribution in [2.75, 3.05) is 12.8 Å². The summed E-state index contributed by atoms with van der Waals surface area (Å²) in [5.41, 5.74) is 6.94. The van der Waals surface area contributed by atoms with Crippen LogP contribution in [0.2, 0.25) is 0 Å². The molecule has 2 aromatic rings. The second-order valence-electron chi connectivity index (χ2n) is 3.04. The SMILES string of the molecule is COc1ccc(Br)cc1-c1cnnc(N)n1. The Hall–Kier alpha value is -1.69. The number of ether oxygens (including phenoxy) is 1. The van der Waals surface area contributed by atoms with E-state index < -0.39 is 0 Å². The summed E-state index contributed by atoms with van der Waals surface area (Å²) in [4.78, 5) is 4.10. The molecule has 2 N–H and O–H groups in total. The summed E-state index contributed by atoms with van der Waals surface area (Å²) >= 11 is 3.39. The highest BCUT2D eigenvalue weighted by Crippen LogP contribution is 2.30. The van der Waals surface area contributed by atoms with Gasteiger partial charge in [-0.15, -0.1) is 5.10 Å². The highest BCUT2D eigenvalue weighted by molar-refractivity contribution is 9.10. The molecule has 0 fully saturated rings. The minimum absolute atomic E-state index is 0.138. The van der Waals surface area contributed by atoms with Crippen molar-refractivity contribution in [3.05, 3.63) is 28.9 Å². The van der Waals surface area contributed by atoms with Crippen molar-refractivity contribution >= 4 is 21.9 Å². The molecule has 0 amide bonds. The standard InChI is InChI=1S/C10H9BrN4O/c1-16-9-3-2-6(11)4-7(9)8-5-13-15-10(12)14-8/h2-5H,1H3,(H2,12,14,15). The third kappa shape index (κ3) is 2.11. The number of benzene rings is 1. The van der Waals surface area contributed by atoms with Crippen LogP contribution in [0.1, 0.15) is 0 Å². The zero-order valence-corrected chi connectivity index (χ0v) is 10.1. The maximum absolute atomic E-state index is 5.49. The second kappa shape index (κ2) is 4.44. The van der Waals surface area contributed by atoms with Crippen LogP contribution < -0.4 is 10.5 Å². The van der Waals surface area contributed by atoms with Crippen molar-refractivity contribution in [1.29, 1.82) is 0 Å². The first-order valence-corrected chi connectivity index (χ1v) is 5.29. The van der Waals surface area contributed by atoms with E-state index in [0.717, 1.165) is 10.0 Å². The molecular weight excluding hydrogens is 272 g/mol. The summed E-state index contributed by atoms with van der Waals surface area (Å²) < 4.78 is 6.18. The van der Waals surface area contributed by atoms with Gasteiger partial charge >= 0.3 is 0 Å². The topological polar surface area (TPSA) is 73.9 Å². The summed E-state index contributed by atoms with van der Waals surface area (Å²) in [5, 5.41) is 7.36. The average Bonchev–Trinajstić information content (AvgIpc) is 2.29. The summed E-state index contributed by atoms with van der Waals surface area (Å²) in [6.45, 7) is 0. The monoisotopic (exact) mass is 280 g/mol. The van der Waals surface area contributed by atoms with Crippen molar-refractivity contribution in [2.24, 2.45) is 0 Å². The Morgan fingerprint density at radius 3 is 2.88 bits per heavy atom. The molecule has 2 rings (SSSR count). The number of aromatic nitrogens is 3. The Labute approximate surface area is 101 Å². The van der Waals surface area contributed by atoms with E-state index in [2.05, 4.69) is 31.1 Å². The summed E-state index contributed by atoms with van der Waals surface area (Å²) in [6.07, 6.45) is 1.54. The van der Waals surface area contributed by atoms with Crippen LogP contribution in [0.25, 0.3) is 11.3 Å². The normalized spacial score (nSPS) is 10.1. The van der Waals surface area contributed by atoms with Gasteiger partial charge in [-0.25, -0.2) is 4.98 Å². The molecule has 0 aliphatic rings. The first kappa shape index (κ1) is 10.8. The molecule has 1 aromatic carbocycles. The number of nitrogen functional groups attached to an aromatic ring is 1. The summed E-state index contributed by atoms with van der Waals surface area (Å²) in [7, 11) is 1.60. The van der Waals surface area contributed by atoms with Crippen molar-refractivity contribution in [1.82, 2.24) is 15.2 Å². The van der Waals surface area contributed by atoms with Gasteiger partial charge in [-0.1, -0.05) is 15.9 Å². The van der Waals surface area contributed by atoms with Crippen LogP contribution in [0, 0.1) is 0 Å². The minimum atomic E-state index is 0.138. The molecule has 0 atom stereocenters. The van der Waals surface area contributed by atoms with Crippen molar-refractivity contribution in [3.8, 4) is 17.0 Å². The number of hydrogen-bond acceptors (Lipinski definition) is 5. The van der Waals surface area contributed by atoms with E-state index in [-0.39, 0.29) is 5.95 Å². The predicted octanol–water partition coefficient (Wildman–Crippen LogP) is 1.89. The van der Waals surface area contributed by atoms with E-state index in [1.807, 2.05) is 18.2 Å². The minimum Gasteiger partial charge on any atom is -0.496 e. The number of nitrogens with zero attached hydrogens (tertiary/aromatic N) is 3. The Morgan fingerprint density at radius 1 is 1.38 bits per heavy atom. The lowest BCUT2D eigenvalue weighted by molar-refractivity contribution is 0.416. The molecular formula is C10H9BrN4O. The molecule has 1 heterocycles.